The van der Waals surface area contributed by atoms with E-state index in [1.165, 1.54) is 38.2 Å². The van der Waals surface area contributed by atoms with E-state index in [-0.39, 0.29) is 11.8 Å². The molecule has 1 N–H and O–H groups in total. The van der Waals surface area contributed by atoms with Crippen LogP contribution in [0, 0.1) is 5.82 Å². The molecule has 2 fully saturated rings. The molecule has 6 heteroatoms. The molecule has 0 unspecified atom stereocenters. The number of halogens is 1. The first kappa shape index (κ1) is 15.1. The highest BCUT2D eigenvalue weighted by molar-refractivity contribution is 5.91. The third kappa shape index (κ3) is 3.16. The molecule has 120 valence electrons. The molecular formula is C16H22FN3O2. The monoisotopic (exact) mass is 307 g/mol. The highest BCUT2D eigenvalue weighted by Gasteiger charge is 2.31. The van der Waals surface area contributed by atoms with Crippen molar-refractivity contribution in [1.29, 1.82) is 0 Å². The molecule has 1 aromatic carbocycles. The Balaban J connectivity index is 1.60. The number of methoxy groups -OCH3 is 1. The van der Waals surface area contributed by atoms with E-state index < -0.39 is 0 Å². The van der Waals surface area contributed by atoms with Gasteiger partial charge in [-0.1, -0.05) is 0 Å². The Kier molecular flexibility index (Phi) is 4.47. The van der Waals surface area contributed by atoms with Crippen LogP contribution in [0.25, 0.3) is 0 Å². The molecule has 22 heavy (non-hydrogen) atoms. The SMILES string of the molecule is COc1cc(F)ccc1NC(=O)N1CC[C@@H](N2CCCC2)C1. The Labute approximate surface area is 130 Å². The number of urea groups is 1. The number of ether oxygens (including phenoxy) is 1. The molecule has 0 aromatic heterocycles. The minimum Gasteiger partial charge on any atom is -0.494 e. The average Bonchev–Trinajstić information content (AvgIpc) is 3.19. The first-order valence-electron chi connectivity index (χ1n) is 7.81. The lowest BCUT2D eigenvalue weighted by molar-refractivity contribution is 0.210. The molecule has 2 aliphatic rings. The Morgan fingerprint density at radius 2 is 2.09 bits per heavy atom. The summed E-state index contributed by atoms with van der Waals surface area (Å²) in [5, 5.41) is 2.82. The summed E-state index contributed by atoms with van der Waals surface area (Å²) in [5.74, 6) is -0.0474. The Morgan fingerprint density at radius 1 is 1.32 bits per heavy atom. The van der Waals surface area contributed by atoms with Gasteiger partial charge in [0.2, 0.25) is 0 Å². The van der Waals surface area contributed by atoms with Gasteiger partial charge in [0.1, 0.15) is 11.6 Å². The number of nitrogens with one attached hydrogen (secondary N) is 1. The molecule has 1 aromatic rings. The third-order valence-electron chi connectivity index (χ3n) is 4.51. The first-order valence-corrected chi connectivity index (χ1v) is 7.81. The van der Waals surface area contributed by atoms with Crippen molar-refractivity contribution in [3.63, 3.8) is 0 Å². The number of hydrogen-bond donors (Lipinski definition) is 1. The number of hydrogen-bond acceptors (Lipinski definition) is 3. The van der Waals surface area contributed by atoms with Gasteiger partial charge in [0.25, 0.3) is 0 Å². The van der Waals surface area contributed by atoms with Crippen molar-refractivity contribution >= 4 is 11.7 Å². The zero-order valence-corrected chi connectivity index (χ0v) is 12.8. The van der Waals surface area contributed by atoms with Gasteiger partial charge in [0, 0.05) is 25.2 Å². The van der Waals surface area contributed by atoms with E-state index in [9.17, 15) is 9.18 Å². The largest absolute Gasteiger partial charge is 0.494 e. The summed E-state index contributed by atoms with van der Waals surface area (Å²) >= 11 is 0. The first-order chi connectivity index (χ1) is 10.7. The molecule has 0 aliphatic carbocycles. The van der Waals surface area contributed by atoms with Gasteiger partial charge >= 0.3 is 6.03 Å². The molecule has 2 saturated heterocycles. The van der Waals surface area contributed by atoms with Crippen molar-refractivity contribution in [3.8, 4) is 5.75 Å². The third-order valence-corrected chi connectivity index (χ3v) is 4.51. The summed E-state index contributed by atoms with van der Waals surface area (Å²) in [6.07, 6.45) is 3.54. The number of nitrogens with zero attached hydrogens (tertiary/aromatic N) is 2. The second kappa shape index (κ2) is 6.52. The van der Waals surface area contributed by atoms with E-state index >= 15 is 0 Å². The van der Waals surface area contributed by atoms with Crippen LogP contribution < -0.4 is 10.1 Å². The number of amides is 2. The molecular weight excluding hydrogens is 285 g/mol. The van der Waals surface area contributed by atoms with Gasteiger partial charge in [-0.3, -0.25) is 4.90 Å². The molecule has 2 aliphatic heterocycles. The molecule has 0 radical (unpaired) electrons. The van der Waals surface area contributed by atoms with E-state index in [0.717, 1.165) is 32.6 Å². The maximum atomic E-state index is 13.2. The fraction of sp³-hybridized carbons (Fsp3) is 0.562. The van der Waals surface area contributed by atoms with Crippen molar-refractivity contribution in [2.75, 3.05) is 38.6 Å². The predicted molar refractivity (Wildman–Crippen MR) is 82.8 cm³/mol. The zero-order valence-electron chi connectivity index (χ0n) is 12.8. The molecule has 0 bridgehead atoms. The summed E-state index contributed by atoms with van der Waals surface area (Å²) in [5.41, 5.74) is 0.499. The number of rotatable bonds is 3. The van der Waals surface area contributed by atoms with Crippen LogP contribution in [0.1, 0.15) is 19.3 Å². The van der Waals surface area contributed by atoms with Crippen molar-refractivity contribution < 1.29 is 13.9 Å². The van der Waals surface area contributed by atoms with Gasteiger partial charge < -0.3 is 15.0 Å². The number of benzene rings is 1. The molecule has 1 atom stereocenters. The quantitative estimate of drug-likeness (QED) is 0.933. The lowest BCUT2D eigenvalue weighted by Crippen LogP contribution is -2.38. The molecule has 2 amide bonds. The van der Waals surface area contributed by atoms with Gasteiger partial charge in [-0.05, 0) is 44.5 Å². The fourth-order valence-electron chi connectivity index (χ4n) is 3.29. The summed E-state index contributed by atoms with van der Waals surface area (Å²) in [4.78, 5) is 16.7. The van der Waals surface area contributed by atoms with Gasteiger partial charge in [-0.2, -0.15) is 0 Å². The molecule has 5 nitrogen and oxygen atoms in total. The molecule has 0 saturated carbocycles. The minimum atomic E-state index is -0.384. The van der Waals surface area contributed by atoms with Gasteiger partial charge in [-0.25, -0.2) is 9.18 Å². The van der Waals surface area contributed by atoms with Crippen LogP contribution in [-0.4, -0.2) is 55.2 Å². The number of anilines is 1. The molecule has 2 heterocycles. The van der Waals surface area contributed by atoms with Crippen molar-refractivity contribution in [2.45, 2.75) is 25.3 Å². The maximum Gasteiger partial charge on any atom is 0.322 e. The highest BCUT2D eigenvalue weighted by atomic mass is 19.1. The number of carbonyl (C=O) groups is 1. The number of likely N-dealkylation sites (tertiary alicyclic amines) is 2. The Bertz CT molecular complexity index is 546. The maximum absolute atomic E-state index is 13.2. The van der Waals surface area contributed by atoms with Crippen LogP contribution in [0.15, 0.2) is 18.2 Å². The van der Waals surface area contributed by atoms with Gasteiger partial charge in [0.05, 0.1) is 12.8 Å². The van der Waals surface area contributed by atoms with Crippen molar-refractivity contribution in [2.24, 2.45) is 0 Å². The van der Waals surface area contributed by atoms with E-state index in [1.54, 1.807) is 0 Å². The van der Waals surface area contributed by atoms with E-state index in [1.807, 2.05) is 4.90 Å². The summed E-state index contributed by atoms with van der Waals surface area (Å²) in [7, 11) is 1.46. The topological polar surface area (TPSA) is 44.8 Å². The minimum absolute atomic E-state index is 0.147. The molecule has 0 spiro atoms. The Hall–Kier alpha value is -1.82. The molecule has 3 rings (SSSR count). The van der Waals surface area contributed by atoms with E-state index in [0.29, 0.717) is 17.5 Å². The predicted octanol–water partition coefficient (Wildman–Crippen LogP) is 2.54. The van der Waals surface area contributed by atoms with Gasteiger partial charge in [0.15, 0.2) is 0 Å². The smallest absolute Gasteiger partial charge is 0.322 e. The van der Waals surface area contributed by atoms with Crippen LogP contribution in [0.3, 0.4) is 0 Å². The van der Waals surface area contributed by atoms with Crippen LogP contribution in [0.5, 0.6) is 5.75 Å². The van der Waals surface area contributed by atoms with Crippen LogP contribution in [0.2, 0.25) is 0 Å². The van der Waals surface area contributed by atoms with Crippen molar-refractivity contribution in [1.82, 2.24) is 9.80 Å². The van der Waals surface area contributed by atoms with Crippen LogP contribution in [-0.2, 0) is 0 Å². The average molecular weight is 307 g/mol. The summed E-state index contributed by atoms with van der Waals surface area (Å²) in [6.45, 7) is 3.81. The van der Waals surface area contributed by atoms with E-state index in [4.69, 9.17) is 4.74 Å². The zero-order chi connectivity index (χ0) is 15.5. The number of carbonyl (C=O) groups excluding carboxylic acids is 1. The normalized spacial score (nSPS) is 22.1. The summed E-state index contributed by atoms with van der Waals surface area (Å²) in [6, 6.07) is 4.44. The second-order valence-corrected chi connectivity index (χ2v) is 5.91. The fourth-order valence-corrected chi connectivity index (χ4v) is 3.29. The van der Waals surface area contributed by atoms with Crippen molar-refractivity contribution in [3.05, 3.63) is 24.0 Å². The summed E-state index contributed by atoms with van der Waals surface area (Å²) < 4.78 is 18.3. The lowest BCUT2D eigenvalue weighted by Gasteiger charge is -2.24. The van der Waals surface area contributed by atoms with Crippen LogP contribution in [0.4, 0.5) is 14.9 Å². The van der Waals surface area contributed by atoms with E-state index in [2.05, 4.69) is 10.2 Å². The van der Waals surface area contributed by atoms with Crippen LogP contribution >= 0.6 is 0 Å². The standard InChI is InChI=1S/C16H22FN3O2/c1-22-15-10-12(17)4-5-14(15)18-16(21)20-9-6-13(11-20)19-7-2-3-8-19/h4-5,10,13H,2-3,6-9,11H2,1H3,(H,18,21)/t13-/m1/s1. The Morgan fingerprint density at radius 3 is 2.82 bits per heavy atom. The second-order valence-electron chi connectivity index (χ2n) is 5.91. The lowest BCUT2D eigenvalue weighted by atomic mass is 10.2. The highest BCUT2D eigenvalue weighted by Crippen LogP contribution is 2.26. The van der Waals surface area contributed by atoms with Gasteiger partial charge in [-0.15, -0.1) is 0 Å².